The molecule has 0 saturated heterocycles. The summed E-state index contributed by atoms with van der Waals surface area (Å²) in [5, 5.41) is 7.64. The van der Waals surface area contributed by atoms with Crippen molar-refractivity contribution < 1.29 is 8.91 Å². The minimum absolute atomic E-state index is 0.0196. The van der Waals surface area contributed by atoms with E-state index in [1.807, 2.05) is 37.3 Å². The van der Waals surface area contributed by atoms with Gasteiger partial charge in [0.05, 0.1) is 6.04 Å². The first kappa shape index (κ1) is 16.9. The molecule has 134 valence electrons. The molecule has 3 aromatic rings. The summed E-state index contributed by atoms with van der Waals surface area (Å²) in [5.74, 6) is 1.65. The van der Waals surface area contributed by atoms with Crippen LogP contribution in [0.15, 0.2) is 59.1 Å². The van der Waals surface area contributed by atoms with Crippen LogP contribution in [0.4, 0.5) is 4.39 Å². The van der Waals surface area contributed by atoms with Crippen LogP contribution in [0.5, 0.6) is 0 Å². The van der Waals surface area contributed by atoms with Gasteiger partial charge in [-0.3, -0.25) is 0 Å². The van der Waals surface area contributed by atoms with Gasteiger partial charge in [0, 0.05) is 12.5 Å². The molecule has 1 saturated carbocycles. The van der Waals surface area contributed by atoms with E-state index in [9.17, 15) is 4.39 Å². The van der Waals surface area contributed by atoms with Gasteiger partial charge >= 0.3 is 0 Å². The van der Waals surface area contributed by atoms with E-state index in [4.69, 9.17) is 4.52 Å². The number of hydrogen-bond donors (Lipinski definition) is 1. The number of rotatable bonds is 6. The molecule has 1 unspecified atom stereocenters. The molecule has 4 rings (SSSR count). The normalized spacial score (nSPS) is 20.5. The molecule has 1 fully saturated rings. The molecular weight excluding hydrogens is 329 g/mol. The molecular formula is C21H22FN3O. The van der Waals surface area contributed by atoms with E-state index in [0.717, 1.165) is 12.8 Å². The molecule has 1 N–H and O–H groups in total. The average Bonchev–Trinajstić information content (AvgIpc) is 3.08. The van der Waals surface area contributed by atoms with Crippen LogP contribution in [0.2, 0.25) is 0 Å². The molecule has 5 heteroatoms. The predicted molar refractivity (Wildman–Crippen MR) is 97.3 cm³/mol. The van der Waals surface area contributed by atoms with Gasteiger partial charge in [0.25, 0.3) is 0 Å². The number of hydrogen-bond acceptors (Lipinski definition) is 4. The third kappa shape index (κ3) is 3.83. The third-order valence-electron chi connectivity index (χ3n) is 5.02. The molecule has 26 heavy (non-hydrogen) atoms. The SMILES string of the molecule is CC(NC1CC(c2ccc(F)cc2)C1)c1nc(Cc2ccccc2)no1. The number of nitrogens with zero attached hydrogens (tertiary/aromatic N) is 2. The second-order valence-corrected chi connectivity index (χ2v) is 7.02. The molecule has 2 aromatic carbocycles. The highest BCUT2D eigenvalue weighted by Crippen LogP contribution is 2.37. The zero-order valence-corrected chi connectivity index (χ0v) is 14.7. The van der Waals surface area contributed by atoms with Crippen LogP contribution in [0.3, 0.4) is 0 Å². The summed E-state index contributed by atoms with van der Waals surface area (Å²) in [7, 11) is 0. The summed E-state index contributed by atoms with van der Waals surface area (Å²) < 4.78 is 18.4. The molecule has 1 aliphatic rings. The molecule has 0 spiro atoms. The molecule has 1 heterocycles. The Hall–Kier alpha value is -2.53. The Morgan fingerprint density at radius 1 is 1.12 bits per heavy atom. The van der Waals surface area contributed by atoms with E-state index in [1.165, 1.54) is 23.3 Å². The van der Waals surface area contributed by atoms with Crippen LogP contribution >= 0.6 is 0 Å². The summed E-state index contributed by atoms with van der Waals surface area (Å²) in [6, 6.07) is 17.4. The Bertz CT molecular complexity index is 841. The Labute approximate surface area is 152 Å². The Balaban J connectivity index is 1.29. The van der Waals surface area contributed by atoms with Crippen molar-refractivity contribution in [3.05, 3.63) is 83.3 Å². The lowest BCUT2D eigenvalue weighted by Crippen LogP contribution is -2.41. The number of halogens is 1. The number of aromatic nitrogens is 2. The molecule has 0 aliphatic heterocycles. The summed E-state index contributed by atoms with van der Waals surface area (Å²) in [5.41, 5.74) is 2.38. The molecule has 0 radical (unpaired) electrons. The topological polar surface area (TPSA) is 51.0 Å². The average molecular weight is 351 g/mol. The van der Waals surface area contributed by atoms with Crippen molar-refractivity contribution in [3.63, 3.8) is 0 Å². The van der Waals surface area contributed by atoms with Gasteiger partial charge in [-0.25, -0.2) is 4.39 Å². The first-order valence-electron chi connectivity index (χ1n) is 9.05. The van der Waals surface area contributed by atoms with E-state index in [-0.39, 0.29) is 11.9 Å². The molecule has 4 nitrogen and oxygen atoms in total. The van der Waals surface area contributed by atoms with Gasteiger partial charge in [-0.15, -0.1) is 0 Å². The maximum atomic E-state index is 13.0. The molecule has 0 amide bonds. The van der Waals surface area contributed by atoms with Gasteiger partial charge in [0.15, 0.2) is 5.82 Å². The molecule has 1 aromatic heterocycles. The standard InChI is InChI=1S/C21H22FN3O/c1-14(21-24-20(25-26-21)11-15-5-3-2-4-6-15)23-19-12-17(13-19)16-7-9-18(22)10-8-16/h2-10,14,17,19,23H,11-13H2,1H3. The summed E-state index contributed by atoms with van der Waals surface area (Å²) >= 11 is 0. The van der Waals surface area contributed by atoms with Crippen LogP contribution in [-0.2, 0) is 6.42 Å². The van der Waals surface area contributed by atoms with E-state index >= 15 is 0 Å². The van der Waals surface area contributed by atoms with Gasteiger partial charge < -0.3 is 9.84 Å². The third-order valence-corrected chi connectivity index (χ3v) is 5.02. The van der Waals surface area contributed by atoms with Crippen molar-refractivity contribution in [2.24, 2.45) is 0 Å². The van der Waals surface area contributed by atoms with E-state index in [2.05, 4.69) is 27.6 Å². The highest BCUT2D eigenvalue weighted by atomic mass is 19.1. The predicted octanol–water partition coefficient (Wildman–Crippen LogP) is 4.40. The number of nitrogens with one attached hydrogen (secondary N) is 1. The first-order valence-corrected chi connectivity index (χ1v) is 9.05. The van der Waals surface area contributed by atoms with Gasteiger partial charge in [0.2, 0.25) is 5.89 Å². The molecule has 1 atom stereocenters. The van der Waals surface area contributed by atoms with Crippen molar-refractivity contribution in [2.75, 3.05) is 0 Å². The van der Waals surface area contributed by atoms with Crippen molar-refractivity contribution in [1.82, 2.24) is 15.5 Å². The molecule has 1 aliphatic carbocycles. The van der Waals surface area contributed by atoms with E-state index < -0.39 is 0 Å². The molecule has 0 bridgehead atoms. The lowest BCUT2D eigenvalue weighted by atomic mass is 9.75. The fourth-order valence-corrected chi connectivity index (χ4v) is 3.48. The van der Waals surface area contributed by atoms with Crippen LogP contribution < -0.4 is 5.32 Å². The highest BCUT2D eigenvalue weighted by Gasteiger charge is 2.32. The van der Waals surface area contributed by atoms with Gasteiger partial charge in [-0.05, 0) is 48.9 Å². The monoisotopic (exact) mass is 351 g/mol. The quantitative estimate of drug-likeness (QED) is 0.715. The largest absolute Gasteiger partial charge is 0.338 e. The summed E-state index contributed by atoms with van der Waals surface area (Å²) in [4.78, 5) is 4.52. The van der Waals surface area contributed by atoms with Gasteiger partial charge in [-0.1, -0.05) is 47.6 Å². The fourth-order valence-electron chi connectivity index (χ4n) is 3.48. The fraction of sp³-hybridized carbons (Fsp3) is 0.333. The Morgan fingerprint density at radius 3 is 2.58 bits per heavy atom. The van der Waals surface area contributed by atoms with E-state index in [0.29, 0.717) is 30.1 Å². The maximum absolute atomic E-state index is 13.0. The van der Waals surface area contributed by atoms with Crippen molar-refractivity contribution in [3.8, 4) is 0 Å². The maximum Gasteiger partial charge on any atom is 0.243 e. The van der Waals surface area contributed by atoms with Gasteiger partial charge in [-0.2, -0.15) is 4.98 Å². The van der Waals surface area contributed by atoms with Gasteiger partial charge in [0.1, 0.15) is 5.82 Å². The van der Waals surface area contributed by atoms with Crippen LogP contribution in [-0.4, -0.2) is 16.2 Å². The van der Waals surface area contributed by atoms with E-state index in [1.54, 1.807) is 0 Å². The first-order chi connectivity index (χ1) is 12.7. The smallest absolute Gasteiger partial charge is 0.243 e. The summed E-state index contributed by atoms with van der Waals surface area (Å²) in [6.07, 6.45) is 2.76. The minimum Gasteiger partial charge on any atom is -0.338 e. The lowest BCUT2D eigenvalue weighted by molar-refractivity contribution is 0.245. The zero-order valence-electron chi connectivity index (χ0n) is 14.7. The Kier molecular flexibility index (Phi) is 4.80. The number of benzene rings is 2. The van der Waals surface area contributed by atoms with Crippen LogP contribution in [0, 0.1) is 5.82 Å². The Morgan fingerprint density at radius 2 is 1.85 bits per heavy atom. The lowest BCUT2D eigenvalue weighted by Gasteiger charge is -2.37. The second kappa shape index (κ2) is 7.38. The van der Waals surface area contributed by atoms with Crippen LogP contribution in [0.25, 0.3) is 0 Å². The van der Waals surface area contributed by atoms with Crippen molar-refractivity contribution in [2.45, 2.75) is 44.2 Å². The van der Waals surface area contributed by atoms with Crippen LogP contribution in [0.1, 0.15) is 54.6 Å². The second-order valence-electron chi connectivity index (χ2n) is 7.02. The van der Waals surface area contributed by atoms with Crippen molar-refractivity contribution in [1.29, 1.82) is 0 Å². The summed E-state index contributed by atoms with van der Waals surface area (Å²) in [6.45, 7) is 2.05. The highest BCUT2D eigenvalue weighted by molar-refractivity contribution is 5.24. The zero-order chi connectivity index (χ0) is 17.9. The minimum atomic E-state index is -0.181. The van der Waals surface area contributed by atoms with Crippen molar-refractivity contribution >= 4 is 0 Å².